The van der Waals surface area contributed by atoms with Gasteiger partial charge in [-0.2, -0.15) is 0 Å². The highest BCUT2D eigenvalue weighted by Gasteiger charge is 2.23. The average Bonchev–Trinajstić information content (AvgIpc) is 2.42. The Labute approximate surface area is 128 Å². The van der Waals surface area contributed by atoms with Crippen LogP contribution in [-0.4, -0.2) is 42.4 Å². The van der Waals surface area contributed by atoms with E-state index in [1.807, 2.05) is 0 Å². The SMILES string of the molecule is Cc1ccc(C)c(OCCCN(CCCO)C2CCC2)c1. The molecule has 0 aromatic heterocycles. The fraction of sp³-hybridized carbons (Fsp3) is 0.667. The smallest absolute Gasteiger partial charge is 0.122 e. The highest BCUT2D eigenvalue weighted by atomic mass is 16.5. The first-order chi connectivity index (χ1) is 10.2. The monoisotopic (exact) mass is 291 g/mol. The van der Waals surface area contributed by atoms with Crippen LogP contribution in [0.1, 0.15) is 43.2 Å². The molecule has 0 saturated heterocycles. The van der Waals surface area contributed by atoms with Crippen LogP contribution in [0.4, 0.5) is 0 Å². The van der Waals surface area contributed by atoms with Gasteiger partial charge in [0.25, 0.3) is 0 Å². The molecule has 1 saturated carbocycles. The summed E-state index contributed by atoms with van der Waals surface area (Å²) in [6, 6.07) is 7.10. The molecule has 1 aromatic rings. The van der Waals surface area contributed by atoms with Gasteiger partial charge in [0, 0.05) is 25.7 Å². The van der Waals surface area contributed by atoms with Gasteiger partial charge in [-0.1, -0.05) is 18.6 Å². The number of nitrogens with zero attached hydrogens (tertiary/aromatic N) is 1. The normalized spacial score (nSPS) is 15.2. The molecule has 1 N–H and O–H groups in total. The van der Waals surface area contributed by atoms with Crippen molar-refractivity contribution < 1.29 is 9.84 Å². The highest BCUT2D eigenvalue weighted by molar-refractivity contribution is 5.35. The zero-order valence-electron chi connectivity index (χ0n) is 13.5. The van der Waals surface area contributed by atoms with Gasteiger partial charge < -0.3 is 14.7 Å². The Bertz CT molecular complexity index is 429. The summed E-state index contributed by atoms with van der Waals surface area (Å²) in [6.45, 7) is 7.35. The molecule has 3 nitrogen and oxygen atoms in total. The Hall–Kier alpha value is -1.06. The minimum Gasteiger partial charge on any atom is -0.493 e. The second-order valence-electron chi connectivity index (χ2n) is 6.17. The van der Waals surface area contributed by atoms with Crippen molar-refractivity contribution in [2.45, 2.75) is 52.0 Å². The number of hydrogen-bond acceptors (Lipinski definition) is 3. The Morgan fingerprint density at radius 2 is 1.95 bits per heavy atom. The topological polar surface area (TPSA) is 32.7 Å². The number of aryl methyl sites for hydroxylation is 2. The standard InChI is InChI=1S/C18H29NO2/c1-15-8-9-16(2)18(14-15)21-13-5-11-19(10-4-12-20)17-6-3-7-17/h8-9,14,17,20H,3-7,10-13H2,1-2H3. The van der Waals surface area contributed by atoms with Crippen molar-refractivity contribution in [1.29, 1.82) is 0 Å². The number of aliphatic hydroxyl groups excluding tert-OH is 1. The van der Waals surface area contributed by atoms with E-state index in [9.17, 15) is 0 Å². The lowest BCUT2D eigenvalue weighted by Crippen LogP contribution is -2.41. The largest absolute Gasteiger partial charge is 0.493 e. The zero-order chi connectivity index (χ0) is 15.1. The van der Waals surface area contributed by atoms with Crippen molar-refractivity contribution in [1.82, 2.24) is 4.90 Å². The molecule has 0 heterocycles. The third-order valence-electron chi connectivity index (χ3n) is 4.39. The van der Waals surface area contributed by atoms with E-state index in [1.54, 1.807) is 0 Å². The second kappa shape index (κ2) is 8.40. The molecule has 0 radical (unpaired) electrons. The molecular weight excluding hydrogens is 262 g/mol. The summed E-state index contributed by atoms with van der Waals surface area (Å²) < 4.78 is 5.93. The molecule has 1 aliphatic carbocycles. The van der Waals surface area contributed by atoms with Crippen molar-refractivity contribution in [2.75, 3.05) is 26.3 Å². The fourth-order valence-electron chi connectivity index (χ4n) is 2.82. The average molecular weight is 291 g/mol. The maximum atomic E-state index is 9.01. The maximum absolute atomic E-state index is 9.01. The van der Waals surface area contributed by atoms with E-state index < -0.39 is 0 Å². The number of aliphatic hydroxyl groups is 1. The van der Waals surface area contributed by atoms with E-state index in [-0.39, 0.29) is 0 Å². The molecule has 1 fully saturated rings. The first-order valence-electron chi connectivity index (χ1n) is 8.25. The van der Waals surface area contributed by atoms with Crippen LogP contribution < -0.4 is 4.74 Å². The van der Waals surface area contributed by atoms with Crippen molar-refractivity contribution in [3.63, 3.8) is 0 Å². The highest BCUT2D eigenvalue weighted by Crippen LogP contribution is 2.25. The van der Waals surface area contributed by atoms with E-state index >= 15 is 0 Å². The molecule has 1 aromatic carbocycles. The summed E-state index contributed by atoms with van der Waals surface area (Å²) in [5, 5.41) is 9.01. The Kier molecular flexibility index (Phi) is 6.52. The van der Waals surface area contributed by atoms with Gasteiger partial charge in [-0.05, 0) is 56.7 Å². The Morgan fingerprint density at radius 1 is 1.19 bits per heavy atom. The van der Waals surface area contributed by atoms with Crippen LogP contribution in [0, 0.1) is 13.8 Å². The second-order valence-corrected chi connectivity index (χ2v) is 6.17. The molecular formula is C18H29NO2. The molecule has 0 atom stereocenters. The third-order valence-corrected chi connectivity index (χ3v) is 4.39. The molecule has 0 amide bonds. The first-order valence-corrected chi connectivity index (χ1v) is 8.25. The van der Waals surface area contributed by atoms with Gasteiger partial charge in [-0.3, -0.25) is 0 Å². The van der Waals surface area contributed by atoms with E-state index in [0.717, 1.165) is 44.3 Å². The summed E-state index contributed by atoms with van der Waals surface area (Å²) in [4.78, 5) is 2.53. The summed E-state index contributed by atoms with van der Waals surface area (Å²) in [6.07, 6.45) is 5.94. The van der Waals surface area contributed by atoms with Crippen LogP contribution in [0.2, 0.25) is 0 Å². The van der Waals surface area contributed by atoms with Crippen molar-refractivity contribution in [3.8, 4) is 5.75 Å². The molecule has 21 heavy (non-hydrogen) atoms. The molecule has 1 aliphatic rings. The lowest BCUT2D eigenvalue weighted by atomic mass is 9.91. The molecule has 0 aliphatic heterocycles. The predicted octanol–water partition coefficient (Wildman–Crippen LogP) is 3.31. The number of ether oxygens (including phenoxy) is 1. The number of rotatable bonds is 9. The quantitative estimate of drug-likeness (QED) is 0.709. The van der Waals surface area contributed by atoms with E-state index in [0.29, 0.717) is 6.61 Å². The number of hydrogen-bond donors (Lipinski definition) is 1. The molecule has 0 bridgehead atoms. The molecule has 118 valence electrons. The van der Waals surface area contributed by atoms with Gasteiger partial charge in [-0.15, -0.1) is 0 Å². The summed E-state index contributed by atoms with van der Waals surface area (Å²) in [5.41, 5.74) is 2.45. The minimum absolute atomic E-state index is 0.294. The lowest BCUT2D eigenvalue weighted by Gasteiger charge is -2.37. The van der Waals surface area contributed by atoms with Gasteiger partial charge in [0.2, 0.25) is 0 Å². The molecule has 3 heteroatoms. The van der Waals surface area contributed by atoms with Crippen molar-refractivity contribution >= 4 is 0 Å². The van der Waals surface area contributed by atoms with Crippen LogP contribution in [0.3, 0.4) is 0 Å². The zero-order valence-corrected chi connectivity index (χ0v) is 13.5. The minimum atomic E-state index is 0.294. The number of benzene rings is 1. The molecule has 0 spiro atoms. The van der Waals surface area contributed by atoms with Gasteiger partial charge in [0.1, 0.15) is 5.75 Å². The summed E-state index contributed by atoms with van der Waals surface area (Å²) >= 11 is 0. The van der Waals surface area contributed by atoms with Crippen LogP contribution in [0.15, 0.2) is 18.2 Å². The van der Waals surface area contributed by atoms with Crippen LogP contribution >= 0.6 is 0 Å². The lowest BCUT2D eigenvalue weighted by molar-refractivity contribution is 0.109. The van der Waals surface area contributed by atoms with Gasteiger partial charge in [0.15, 0.2) is 0 Å². The van der Waals surface area contributed by atoms with Gasteiger partial charge in [-0.25, -0.2) is 0 Å². The maximum Gasteiger partial charge on any atom is 0.122 e. The van der Waals surface area contributed by atoms with Crippen LogP contribution in [0.25, 0.3) is 0 Å². The van der Waals surface area contributed by atoms with Gasteiger partial charge >= 0.3 is 0 Å². The van der Waals surface area contributed by atoms with Crippen LogP contribution in [0.5, 0.6) is 5.75 Å². The Morgan fingerprint density at radius 3 is 2.62 bits per heavy atom. The Balaban J connectivity index is 1.72. The first kappa shape index (κ1) is 16.3. The fourth-order valence-corrected chi connectivity index (χ4v) is 2.82. The van der Waals surface area contributed by atoms with Crippen LogP contribution in [-0.2, 0) is 0 Å². The van der Waals surface area contributed by atoms with Crippen molar-refractivity contribution in [3.05, 3.63) is 29.3 Å². The summed E-state index contributed by atoms with van der Waals surface area (Å²) in [5.74, 6) is 1.01. The van der Waals surface area contributed by atoms with E-state index in [2.05, 4.69) is 36.9 Å². The molecule has 2 rings (SSSR count). The summed E-state index contributed by atoms with van der Waals surface area (Å²) in [7, 11) is 0. The van der Waals surface area contributed by atoms with E-state index in [1.165, 1.54) is 30.4 Å². The van der Waals surface area contributed by atoms with E-state index in [4.69, 9.17) is 9.84 Å². The van der Waals surface area contributed by atoms with Gasteiger partial charge in [0.05, 0.1) is 6.61 Å². The molecule has 0 unspecified atom stereocenters. The third kappa shape index (κ3) is 5.01. The van der Waals surface area contributed by atoms with Crippen molar-refractivity contribution in [2.24, 2.45) is 0 Å². The predicted molar refractivity (Wildman–Crippen MR) is 86.9 cm³/mol.